The van der Waals surface area contributed by atoms with Gasteiger partial charge in [-0.2, -0.15) is 0 Å². The molecule has 0 spiro atoms. The van der Waals surface area contributed by atoms with Gasteiger partial charge in [0, 0.05) is 5.56 Å². The lowest BCUT2D eigenvalue weighted by Crippen LogP contribution is -2.28. The van der Waals surface area contributed by atoms with Crippen molar-refractivity contribution in [2.24, 2.45) is 0 Å². The molecule has 0 aliphatic carbocycles. The van der Waals surface area contributed by atoms with Crippen LogP contribution in [0.15, 0.2) is 42.5 Å². The minimum atomic E-state index is -0.115. The zero-order valence-corrected chi connectivity index (χ0v) is 14.8. The molecule has 4 nitrogen and oxygen atoms in total. The Morgan fingerprint density at radius 1 is 1.08 bits per heavy atom. The van der Waals surface area contributed by atoms with Crippen molar-refractivity contribution in [1.82, 2.24) is 5.32 Å². The second-order valence-corrected chi connectivity index (χ2v) is 6.06. The van der Waals surface area contributed by atoms with Gasteiger partial charge in [-0.05, 0) is 69.2 Å². The van der Waals surface area contributed by atoms with Gasteiger partial charge < -0.3 is 14.8 Å². The SMILES string of the molecule is Cc1ccc(C)c(OCCNC(=O)c2ccc(OC(C)C)cc2)c1. The van der Waals surface area contributed by atoms with Crippen molar-refractivity contribution < 1.29 is 14.3 Å². The quantitative estimate of drug-likeness (QED) is 0.785. The zero-order chi connectivity index (χ0) is 17.5. The molecule has 128 valence electrons. The van der Waals surface area contributed by atoms with Crippen LogP contribution in [0.2, 0.25) is 0 Å². The second kappa shape index (κ2) is 8.39. The summed E-state index contributed by atoms with van der Waals surface area (Å²) in [5.41, 5.74) is 2.86. The first-order valence-electron chi connectivity index (χ1n) is 8.20. The average molecular weight is 327 g/mol. The number of hydrogen-bond acceptors (Lipinski definition) is 3. The molecule has 0 aliphatic heterocycles. The van der Waals surface area contributed by atoms with Gasteiger partial charge in [0.05, 0.1) is 12.6 Å². The maximum atomic E-state index is 12.1. The lowest BCUT2D eigenvalue weighted by atomic mass is 10.1. The highest BCUT2D eigenvalue weighted by Crippen LogP contribution is 2.18. The van der Waals surface area contributed by atoms with Gasteiger partial charge in [-0.25, -0.2) is 0 Å². The van der Waals surface area contributed by atoms with Crippen LogP contribution >= 0.6 is 0 Å². The first-order chi connectivity index (χ1) is 11.5. The molecule has 1 N–H and O–H groups in total. The number of amides is 1. The topological polar surface area (TPSA) is 47.6 Å². The predicted molar refractivity (Wildman–Crippen MR) is 96.0 cm³/mol. The van der Waals surface area contributed by atoms with E-state index in [0.29, 0.717) is 18.7 Å². The summed E-state index contributed by atoms with van der Waals surface area (Å²) < 4.78 is 11.3. The van der Waals surface area contributed by atoms with E-state index in [0.717, 1.165) is 22.6 Å². The van der Waals surface area contributed by atoms with Crippen LogP contribution in [0.5, 0.6) is 11.5 Å². The summed E-state index contributed by atoms with van der Waals surface area (Å²) in [4.78, 5) is 12.1. The van der Waals surface area contributed by atoms with Crippen LogP contribution in [0.4, 0.5) is 0 Å². The Hall–Kier alpha value is -2.49. The molecule has 0 fully saturated rings. The molecule has 2 aromatic carbocycles. The molecule has 0 atom stereocenters. The van der Waals surface area contributed by atoms with E-state index in [2.05, 4.69) is 11.4 Å². The molecule has 0 unspecified atom stereocenters. The lowest BCUT2D eigenvalue weighted by molar-refractivity contribution is 0.0947. The van der Waals surface area contributed by atoms with Crippen molar-refractivity contribution >= 4 is 5.91 Å². The molecular weight excluding hydrogens is 302 g/mol. The molecule has 0 aliphatic rings. The third-order valence-electron chi connectivity index (χ3n) is 3.48. The van der Waals surface area contributed by atoms with Gasteiger partial charge in [0.15, 0.2) is 0 Å². The molecular formula is C20H25NO3. The van der Waals surface area contributed by atoms with E-state index in [1.807, 2.05) is 52.0 Å². The minimum Gasteiger partial charge on any atom is -0.491 e. The molecule has 0 saturated carbocycles. The Bertz CT molecular complexity index is 678. The van der Waals surface area contributed by atoms with E-state index in [-0.39, 0.29) is 12.0 Å². The van der Waals surface area contributed by atoms with Crippen molar-refractivity contribution in [2.45, 2.75) is 33.8 Å². The maximum Gasteiger partial charge on any atom is 0.251 e. The molecule has 0 saturated heterocycles. The number of ether oxygens (including phenoxy) is 2. The molecule has 2 rings (SSSR count). The first kappa shape index (κ1) is 17.9. The Morgan fingerprint density at radius 2 is 1.79 bits per heavy atom. The van der Waals surface area contributed by atoms with Gasteiger partial charge in [0.2, 0.25) is 0 Å². The van der Waals surface area contributed by atoms with Crippen molar-refractivity contribution in [1.29, 1.82) is 0 Å². The zero-order valence-electron chi connectivity index (χ0n) is 14.8. The van der Waals surface area contributed by atoms with Gasteiger partial charge in [0.25, 0.3) is 5.91 Å². The number of benzene rings is 2. The molecule has 4 heteroatoms. The second-order valence-electron chi connectivity index (χ2n) is 6.06. The van der Waals surface area contributed by atoms with E-state index >= 15 is 0 Å². The summed E-state index contributed by atoms with van der Waals surface area (Å²) in [7, 11) is 0. The predicted octanol–water partition coefficient (Wildman–Crippen LogP) is 3.90. The standard InChI is InChI=1S/C20H25NO3/c1-14(2)24-18-9-7-17(8-10-18)20(22)21-11-12-23-19-13-15(3)5-6-16(19)4/h5-10,13-14H,11-12H2,1-4H3,(H,21,22). The Balaban J connectivity index is 1.79. The fourth-order valence-electron chi connectivity index (χ4n) is 2.25. The van der Waals surface area contributed by atoms with E-state index in [4.69, 9.17) is 9.47 Å². The summed E-state index contributed by atoms with van der Waals surface area (Å²) in [6.45, 7) is 8.86. The fraction of sp³-hybridized carbons (Fsp3) is 0.350. The Morgan fingerprint density at radius 3 is 2.46 bits per heavy atom. The highest BCUT2D eigenvalue weighted by Gasteiger charge is 2.06. The number of carbonyl (C=O) groups excluding carboxylic acids is 1. The van der Waals surface area contributed by atoms with E-state index in [9.17, 15) is 4.79 Å². The Kier molecular flexibility index (Phi) is 6.24. The number of carbonyl (C=O) groups is 1. The van der Waals surface area contributed by atoms with E-state index in [1.165, 1.54) is 0 Å². The third kappa shape index (κ3) is 5.30. The van der Waals surface area contributed by atoms with Crippen LogP contribution < -0.4 is 14.8 Å². The smallest absolute Gasteiger partial charge is 0.251 e. The summed E-state index contributed by atoms with van der Waals surface area (Å²) in [5.74, 6) is 1.51. The number of hydrogen-bond donors (Lipinski definition) is 1. The first-order valence-corrected chi connectivity index (χ1v) is 8.20. The van der Waals surface area contributed by atoms with Crippen molar-refractivity contribution in [3.8, 4) is 11.5 Å². The molecule has 2 aromatic rings. The molecule has 1 amide bonds. The largest absolute Gasteiger partial charge is 0.491 e. The molecule has 0 heterocycles. The maximum absolute atomic E-state index is 12.1. The van der Waals surface area contributed by atoms with Crippen LogP contribution in [0, 0.1) is 13.8 Å². The highest BCUT2D eigenvalue weighted by atomic mass is 16.5. The average Bonchev–Trinajstić information content (AvgIpc) is 2.54. The normalized spacial score (nSPS) is 10.5. The fourth-order valence-corrected chi connectivity index (χ4v) is 2.25. The van der Waals surface area contributed by atoms with Crippen molar-refractivity contribution in [2.75, 3.05) is 13.2 Å². The van der Waals surface area contributed by atoms with Crippen LogP contribution in [0.3, 0.4) is 0 Å². The minimum absolute atomic E-state index is 0.115. The number of aryl methyl sites for hydroxylation is 2. The van der Waals surface area contributed by atoms with Gasteiger partial charge in [-0.15, -0.1) is 0 Å². The van der Waals surface area contributed by atoms with Crippen molar-refractivity contribution in [3.05, 3.63) is 59.2 Å². The molecule has 0 radical (unpaired) electrons. The number of nitrogens with one attached hydrogen (secondary N) is 1. The number of rotatable bonds is 7. The summed E-state index contributed by atoms with van der Waals surface area (Å²) in [6.07, 6.45) is 0.118. The van der Waals surface area contributed by atoms with Gasteiger partial charge >= 0.3 is 0 Å². The van der Waals surface area contributed by atoms with Crippen LogP contribution in [-0.4, -0.2) is 25.2 Å². The van der Waals surface area contributed by atoms with E-state index in [1.54, 1.807) is 12.1 Å². The summed E-state index contributed by atoms with van der Waals surface area (Å²) >= 11 is 0. The van der Waals surface area contributed by atoms with Crippen molar-refractivity contribution in [3.63, 3.8) is 0 Å². The van der Waals surface area contributed by atoms with Gasteiger partial charge in [-0.3, -0.25) is 4.79 Å². The molecule has 0 aromatic heterocycles. The molecule has 24 heavy (non-hydrogen) atoms. The monoisotopic (exact) mass is 327 g/mol. The third-order valence-corrected chi connectivity index (χ3v) is 3.48. The van der Waals surface area contributed by atoms with Crippen LogP contribution in [0.1, 0.15) is 35.3 Å². The van der Waals surface area contributed by atoms with Crippen LogP contribution in [0.25, 0.3) is 0 Å². The Labute approximate surface area is 143 Å². The highest BCUT2D eigenvalue weighted by molar-refractivity contribution is 5.94. The van der Waals surface area contributed by atoms with E-state index < -0.39 is 0 Å². The molecule has 0 bridgehead atoms. The summed E-state index contributed by atoms with van der Waals surface area (Å²) in [6, 6.07) is 13.2. The lowest BCUT2D eigenvalue weighted by Gasteiger charge is -2.11. The van der Waals surface area contributed by atoms with Gasteiger partial charge in [0.1, 0.15) is 18.1 Å². The summed E-state index contributed by atoms with van der Waals surface area (Å²) in [5, 5.41) is 2.86. The van der Waals surface area contributed by atoms with Gasteiger partial charge in [-0.1, -0.05) is 12.1 Å². The van der Waals surface area contributed by atoms with Crippen LogP contribution in [-0.2, 0) is 0 Å².